The molecule has 0 unspecified atom stereocenters. The van der Waals surface area contributed by atoms with E-state index in [1.807, 2.05) is 26.0 Å². The van der Waals surface area contributed by atoms with Crippen molar-refractivity contribution in [2.45, 2.75) is 20.4 Å². The Bertz CT molecular complexity index is 654. The molecule has 1 aromatic carbocycles. The highest BCUT2D eigenvalue weighted by Crippen LogP contribution is 2.29. The number of nitrogens with one attached hydrogen (secondary N) is 1. The Morgan fingerprint density at radius 3 is 2.89 bits per heavy atom. The van der Waals surface area contributed by atoms with Crippen molar-refractivity contribution in [2.75, 3.05) is 11.1 Å². The van der Waals surface area contributed by atoms with Gasteiger partial charge in [-0.25, -0.2) is 4.68 Å². The second kappa shape index (κ2) is 5.33. The van der Waals surface area contributed by atoms with Crippen molar-refractivity contribution in [2.24, 2.45) is 0 Å². The van der Waals surface area contributed by atoms with Crippen LogP contribution in [0, 0.1) is 18.3 Å². The first-order valence-corrected chi connectivity index (χ1v) is 6.65. The number of hydrogen-bond acceptors (Lipinski definition) is 4. The van der Waals surface area contributed by atoms with Gasteiger partial charge in [0.15, 0.2) is 5.82 Å². The molecule has 6 heteroatoms. The fourth-order valence-electron chi connectivity index (χ4n) is 1.80. The Balaban J connectivity index is 2.45. The molecule has 0 aliphatic heterocycles. The van der Waals surface area contributed by atoms with Gasteiger partial charge in [-0.2, -0.15) is 10.4 Å². The van der Waals surface area contributed by atoms with Crippen LogP contribution in [0.5, 0.6) is 0 Å². The van der Waals surface area contributed by atoms with Gasteiger partial charge in [0.2, 0.25) is 0 Å². The zero-order valence-corrected chi connectivity index (χ0v) is 12.3. The van der Waals surface area contributed by atoms with Crippen molar-refractivity contribution in [1.29, 1.82) is 5.26 Å². The van der Waals surface area contributed by atoms with E-state index in [9.17, 15) is 0 Å². The fourth-order valence-corrected chi connectivity index (χ4v) is 2.16. The average molecular weight is 320 g/mol. The Hall–Kier alpha value is -2.00. The van der Waals surface area contributed by atoms with Crippen LogP contribution in [0.4, 0.5) is 17.2 Å². The van der Waals surface area contributed by atoms with E-state index < -0.39 is 0 Å². The third-order valence-electron chi connectivity index (χ3n) is 2.83. The highest BCUT2D eigenvalue weighted by atomic mass is 79.9. The van der Waals surface area contributed by atoms with E-state index >= 15 is 0 Å². The molecule has 0 aliphatic carbocycles. The summed E-state index contributed by atoms with van der Waals surface area (Å²) in [5.41, 5.74) is 8.66. The summed E-state index contributed by atoms with van der Waals surface area (Å²) >= 11 is 3.35. The lowest BCUT2D eigenvalue weighted by Crippen LogP contribution is -2.05. The molecule has 0 amide bonds. The first kappa shape index (κ1) is 13.4. The first-order valence-electron chi connectivity index (χ1n) is 5.86. The fraction of sp³-hybridized carbons (Fsp3) is 0.231. The quantitative estimate of drug-likeness (QED) is 0.910. The molecule has 3 N–H and O–H groups in total. The maximum Gasteiger partial charge on any atom is 0.152 e. The van der Waals surface area contributed by atoms with E-state index in [4.69, 9.17) is 11.0 Å². The number of aryl methyl sites for hydroxylation is 2. The lowest BCUT2D eigenvalue weighted by atomic mass is 10.2. The molecule has 0 spiro atoms. The highest BCUT2D eigenvalue weighted by Gasteiger charge is 2.13. The topological polar surface area (TPSA) is 79.7 Å². The van der Waals surface area contributed by atoms with Crippen LogP contribution in [-0.4, -0.2) is 9.78 Å². The number of halogens is 1. The standard InChI is InChI=1S/C13H14BrN5/c1-3-19-13(12(16)8(2)18-19)17-11-5-4-10(14)6-9(11)7-15/h4-6,17H,3,16H2,1-2H3. The molecule has 19 heavy (non-hydrogen) atoms. The van der Waals surface area contributed by atoms with Gasteiger partial charge in [0.1, 0.15) is 6.07 Å². The number of rotatable bonds is 3. The summed E-state index contributed by atoms with van der Waals surface area (Å²) in [6, 6.07) is 7.63. The number of nitriles is 1. The maximum atomic E-state index is 9.16. The van der Waals surface area contributed by atoms with Crippen molar-refractivity contribution in [1.82, 2.24) is 9.78 Å². The van der Waals surface area contributed by atoms with Crippen LogP contribution in [-0.2, 0) is 6.54 Å². The van der Waals surface area contributed by atoms with Gasteiger partial charge < -0.3 is 11.1 Å². The minimum absolute atomic E-state index is 0.551. The van der Waals surface area contributed by atoms with Gasteiger partial charge in [0.25, 0.3) is 0 Å². The van der Waals surface area contributed by atoms with Gasteiger partial charge >= 0.3 is 0 Å². The number of nitrogens with zero attached hydrogens (tertiary/aromatic N) is 3. The highest BCUT2D eigenvalue weighted by molar-refractivity contribution is 9.10. The summed E-state index contributed by atoms with van der Waals surface area (Å²) in [6.45, 7) is 4.56. The van der Waals surface area contributed by atoms with E-state index in [0.717, 1.165) is 16.0 Å². The minimum Gasteiger partial charge on any atom is -0.394 e. The summed E-state index contributed by atoms with van der Waals surface area (Å²) in [7, 11) is 0. The average Bonchev–Trinajstić information content (AvgIpc) is 2.68. The van der Waals surface area contributed by atoms with Crippen LogP contribution < -0.4 is 11.1 Å². The number of hydrogen-bond donors (Lipinski definition) is 2. The van der Waals surface area contributed by atoms with Gasteiger partial charge in [-0.15, -0.1) is 0 Å². The summed E-state index contributed by atoms with van der Waals surface area (Å²) in [4.78, 5) is 0. The molecular formula is C13H14BrN5. The van der Waals surface area contributed by atoms with Gasteiger partial charge in [0, 0.05) is 11.0 Å². The molecule has 98 valence electrons. The van der Waals surface area contributed by atoms with Crippen LogP contribution in [0.15, 0.2) is 22.7 Å². The van der Waals surface area contributed by atoms with E-state index in [1.54, 1.807) is 10.7 Å². The van der Waals surface area contributed by atoms with Gasteiger partial charge in [0.05, 0.1) is 22.6 Å². The number of benzene rings is 1. The second-order valence-electron chi connectivity index (χ2n) is 4.09. The molecule has 0 aliphatic rings. The van der Waals surface area contributed by atoms with Crippen molar-refractivity contribution in [3.8, 4) is 6.07 Å². The molecule has 0 fully saturated rings. The van der Waals surface area contributed by atoms with E-state index in [1.165, 1.54) is 0 Å². The minimum atomic E-state index is 0.551. The third kappa shape index (κ3) is 2.56. The molecule has 2 aromatic rings. The van der Waals surface area contributed by atoms with Crippen molar-refractivity contribution in [3.05, 3.63) is 33.9 Å². The Labute approximate surface area is 120 Å². The Morgan fingerprint density at radius 2 is 2.26 bits per heavy atom. The molecular weight excluding hydrogens is 306 g/mol. The monoisotopic (exact) mass is 319 g/mol. The predicted octanol–water partition coefficient (Wildman–Crippen LogP) is 3.17. The van der Waals surface area contributed by atoms with Gasteiger partial charge in [-0.05, 0) is 32.0 Å². The summed E-state index contributed by atoms with van der Waals surface area (Å²) in [5.74, 6) is 0.721. The zero-order valence-electron chi connectivity index (χ0n) is 10.7. The largest absolute Gasteiger partial charge is 0.394 e. The molecule has 0 radical (unpaired) electrons. The molecule has 1 heterocycles. The first-order chi connectivity index (χ1) is 9.06. The van der Waals surface area contributed by atoms with E-state index in [2.05, 4.69) is 32.4 Å². The predicted molar refractivity (Wildman–Crippen MR) is 79.2 cm³/mol. The number of nitrogen functional groups attached to an aromatic ring is 1. The van der Waals surface area contributed by atoms with Gasteiger partial charge in [-0.3, -0.25) is 0 Å². The SMILES string of the molecule is CCn1nc(C)c(N)c1Nc1ccc(Br)cc1C#N. The third-order valence-corrected chi connectivity index (χ3v) is 3.32. The van der Waals surface area contributed by atoms with Crippen LogP contribution in [0.25, 0.3) is 0 Å². The smallest absolute Gasteiger partial charge is 0.152 e. The molecule has 0 bridgehead atoms. The van der Waals surface area contributed by atoms with E-state index in [0.29, 0.717) is 23.5 Å². The lowest BCUT2D eigenvalue weighted by molar-refractivity contribution is 0.661. The molecule has 0 saturated heterocycles. The Morgan fingerprint density at radius 1 is 1.53 bits per heavy atom. The zero-order chi connectivity index (χ0) is 14.0. The van der Waals surface area contributed by atoms with Gasteiger partial charge in [-0.1, -0.05) is 15.9 Å². The number of anilines is 3. The van der Waals surface area contributed by atoms with Crippen LogP contribution in [0.2, 0.25) is 0 Å². The molecule has 0 atom stereocenters. The number of aromatic nitrogens is 2. The second-order valence-corrected chi connectivity index (χ2v) is 5.01. The summed E-state index contributed by atoms with van der Waals surface area (Å²) in [6.07, 6.45) is 0. The molecule has 5 nitrogen and oxygen atoms in total. The lowest BCUT2D eigenvalue weighted by Gasteiger charge is -2.11. The maximum absolute atomic E-state index is 9.16. The molecule has 0 saturated carbocycles. The van der Waals surface area contributed by atoms with Crippen molar-refractivity contribution >= 4 is 33.1 Å². The summed E-state index contributed by atoms with van der Waals surface area (Å²) < 4.78 is 2.65. The van der Waals surface area contributed by atoms with E-state index in [-0.39, 0.29) is 0 Å². The van der Waals surface area contributed by atoms with Crippen molar-refractivity contribution < 1.29 is 0 Å². The number of nitrogens with two attached hydrogens (primary N) is 1. The van der Waals surface area contributed by atoms with Crippen molar-refractivity contribution in [3.63, 3.8) is 0 Å². The Kier molecular flexibility index (Phi) is 3.76. The molecule has 2 rings (SSSR count). The summed E-state index contributed by atoms with van der Waals surface area (Å²) in [5, 5.41) is 16.7. The van der Waals surface area contributed by atoms with Crippen LogP contribution in [0.3, 0.4) is 0 Å². The van der Waals surface area contributed by atoms with Crippen LogP contribution >= 0.6 is 15.9 Å². The molecule has 1 aromatic heterocycles. The normalized spacial score (nSPS) is 10.2. The van der Waals surface area contributed by atoms with Crippen LogP contribution in [0.1, 0.15) is 18.2 Å².